The molecule has 1 aromatic heterocycles. The number of aryl methyl sites for hydroxylation is 1. The largest absolute Gasteiger partial charge is 0.481 e. The van der Waals surface area contributed by atoms with Crippen molar-refractivity contribution in [1.29, 1.82) is 0 Å². The molecule has 6 nitrogen and oxygen atoms in total. The van der Waals surface area contributed by atoms with Gasteiger partial charge in [0, 0.05) is 24.2 Å². The highest BCUT2D eigenvalue weighted by atomic mass is 19.1. The maximum Gasteiger partial charge on any atom is 0.304 e. The molecule has 0 amide bonds. The van der Waals surface area contributed by atoms with Crippen molar-refractivity contribution < 1.29 is 18.8 Å². The van der Waals surface area contributed by atoms with Crippen LogP contribution in [-0.4, -0.2) is 27.8 Å². The number of hydrogen-bond acceptors (Lipinski definition) is 5. The van der Waals surface area contributed by atoms with Crippen molar-refractivity contribution >= 4 is 5.97 Å². The van der Waals surface area contributed by atoms with E-state index < -0.39 is 5.97 Å². The van der Waals surface area contributed by atoms with E-state index in [1.807, 2.05) is 55.5 Å². The Morgan fingerprint density at radius 3 is 2.50 bits per heavy atom. The van der Waals surface area contributed by atoms with Crippen molar-refractivity contribution in [3.8, 4) is 34.0 Å². The fourth-order valence-corrected chi connectivity index (χ4v) is 3.40. The van der Waals surface area contributed by atoms with Crippen molar-refractivity contribution in [3.05, 3.63) is 83.7 Å². The van der Waals surface area contributed by atoms with Crippen LogP contribution in [0.4, 0.5) is 4.39 Å². The van der Waals surface area contributed by atoms with Crippen molar-refractivity contribution in [3.63, 3.8) is 0 Å². The number of halogens is 1. The van der Waals surface area contributed by atoms with Gasteiger partial charge in [0.25, 0.3) is 5.89 Å². The van der Waals surface area contributed by atoms with Crippen LogP contribution in [0.15, 0.2) is 71.3 Å². The molecule has 0 spiro atoms. The minimum atomic E-state index is -0.820. The maximum atomic E-state index is 13.5. The molecule has 1 heterocycles. The minimum Gasteiger partial charge on any atom is -0.481 e. The van der Waals surface area contributed by atoms with Gasteiger partial charge in [-0.3, -0.25) is 4.79 Å². The van der Waals surface area contributed by atoms with Crippen molar-refractivity contribution in [1.82, 2.24) is 15.5 Å². The molecule has 3 aromatic carbocycles. The molecular formula is C25H22FN3O3. The Kier molecular flexibility index (Phi) is 6.37. The molecule has 2 N–H and O–H groups in total. The summed E-state index contributed by atoms with van der Waals surface area (Å²) >= 11 is 0. The Balaban J connectivity index is 1.47. The first-order valence-electron chi connectivity index (χ1n) is 10.2. The molecular weight excluding hydrogens is 409 g/mol. The molecule has 0 saturated heterocycles. The highest BCUT2D eigenvalue weighted by Crippen LogP contribution is 2.29. The highest BCUT2D eigenvalue weighted by molar-refractivity contribution is 5.71. The van der Waals surface area contributed by atoms with Gasteiger partial charge < -0.3 is 14.9 Å². The zero-order valence-electron chi connectivity index (χ0n) is 17.5. The normalized spacial score (nSPS) is 10.9. The SMILES string of the molecule is Cc1cc(-c2cccc(F)c2)ccc1-c1nc(-c2ccc(CNCCC(=O)O)cc2)no1. The summed E-state index contributed by atoms with van der Waals surface area (Å²) in [6.45, 7) is 2.96. The second-order valence-corrected chi connectivity index (χ2v) is 7.48. The lowest BCUT2D eigenvalue weighted by atomic mass is 10.00. The average molecular weight is 431 g/mol. The number of rotatable bonds is 8. The van der Waals surface area contributed by atoms with Gasteiger partial charge in [-0.15, -0.1) is 0 Å². The number of aliphatic carboxylic acids is 1. The summed E-state index contributed by atoms with van der Waals surface area (Å²) in [5.41, 5.74) is 5.35. The smallest absolute Gasteiger partial charge is 0.304 e. The molecule has 162 valence electrons. The quantitative estimate of drug-likeness (QED) is 0.378. The first kappa shape index (κ1) is 21.4. The van der Waals surface area contributed by atoms with Crippen LogP contribution >= 0.6 is 0 Å². The van der Waals surface area contributed by atoms with Crippen LogP contribution in [0.5, 0.6) is 0 Å². The number of nitrogens with one attached hydrogen (secondary N) is 1. The number of aromatic nitrogens is 2. The fraction of sp³-hybridized carbons (Fsp3) is 0.160. The van der Waals surface area contributed by atoms with E-state index in [1.165, 1.54) is 12.1 Å². The Morgan fingerprint density at radius 1 is 1.03 bits per heavy atom. The van der Waals surface area contributed by atoms with Crippen LogP contribution in [0.3, 0.4) is 0 Å². The summed E-state index contributed by atoms with van der Waals surface area (Å²) < 4.78 is 19.0. The molecule has 0 unspecified atom stereocenters. The van der Waals surface area contributed by atoms with E-state index in [4.69, 9.17) is 9.63 Å². The lowest BCUT2D eigenvalue weighted by molar-refractivity contribution is -0.136. The van der Waals surface area contributed by atoms with E-state index in [9.17, 15) is 9.18 Å². The van der Waals surface area contributed by atoms with Crippen LogP contribution in [0, 0.1) is 12.7 Å². The summed E-state index contributed by atoms with van der Waals surface area (Å²) in [6, 6.07) is 20.0. The molecule has 7 heteroatoms. The number of nitrogens with zero attached hydrogens (tertiary/aromatic N) is 2. The molecule has 0 aliphatic carbocycles. The highest BCUT2D eigenvalue weighted by Gasteiger charge is 2.13. The molecule has 0 radical (unpaired) electrons. The summed E-state index contributed by atoms with van der Waals surface area (Å²) in [6.07, 6.45) is 0.0896. The fourth-order valence-electron chi connectivity index (χ4n) is 3.40. The molecule has 0 fully saturated rings. The lowest BCUT2D eigenvalue weighted by Gasteiger charge is -2.06. The van der Waals surface area contributed by atoms with Gasteiger partial charge in [0.15, 0.2) is 0 Å². The van der Waals surface area contributed by atoms with Crippen LogP contribution in [0.1, 0.15) is 17.5 Å². The van der Waals surface area contributed by atoms with Gasteiger partial charge in [0.05, 0.1) is 6.42 Å². The molecule has 0 atom stereocenters. The topological polar surface area (TPSA) is 88.2 Å². The second kappa shape index (κ2) is 9.53. The minimum absolute atomic E-state index is 0.0896. The molecule has 0 aliphatic heterocycles. The standard InChI is InChI=1S/C25H22FN3O3/c1-16-13-20(19-3-2-4-21(26)14-19)9-10-22(16)25-28-24(29-32-25)18-7-5-17(6-8-18)15-27-12-11-23(30)31/h2-10,13-14,27H,11-12,15H2,1H3,(H,30,31). The molecule has 4 aromatic rings. The second-order valence-electron chi connectivity index (χ2n) is 7.48. The molecule has 0 saturated carbocycles. The summed E-state index contributed by atoms with van der Waals surface area (Å²) in [5, 5.41) is 15.9. The van der Waals surface area contributed by atoms with E-state index in [2.05, 4.69) is 15.5 Å². The predicted octanol–water partition coefficient (Wildman–Crippen LogP) is 5.08. The van der Waals surface area contributed by atoms with E-state index in [1.54, 1.807) is 6.07 Å². The van der Waals surface area contributed by atoms with Gasteiger partial charge in [0.1, 0.15) is 5.82 Å². The third-order valence-electron chi connectivity index (χ3n) is 5.10. The predicted molar refractivity (Wildman–Crippen MR) is 119 cm³/mol. The van der Waals surface area contributed by atoms with Crippen LogP contribution < -0.4 is 5.32 Å². The van der Waals surface area contributed by atoms with Gasteiger partial charge in [-0.1, -0.05) is 53.7 Å². The third kappa shape index (κ3) is 5.07. The van der Waals surface area contributed by atoms with Gasteiger partial charge in [0.2, 0.25) is 5.82 Å². The molecule has 0 bridgehead atoms. The van der Waals surface area contributed by atoms with E-state index >= 15 is 0 Å². The van der Waals surface area contributed by atoms with Gasteiger partial charge >= 0.3 is 5.97 Å². The number of hydrogen-bond donors (Lipinski definition) is 2. The summed E-state index contributed by atoms with van der Waals surface area (Å²) in [7, 11) is 0. The first-order chi connectivity index (χ1) is 15.5. The average Bonchev–Trinajstić information content (AvgIpc) is 3.27. The van der Waals surface area contributed by atoms with Crippen LogP contribution in [-0.2, 0) is 11.3 Å². The summed E-state index contributed by atoms with van der Waals surface area (Å²) in [4.78, 5) is 15.1. The Hall–Kier alpha value is -3.84. The van der Waals surface area contributed by atoms with Gasteiger partial charge in [-0.2, -0.15) is 4.98 Å². The van der Waals surface area contributed by atoms with Crippen molar-refractivity contribution in [2.75, 3.05) is 6.54 Å². The van der Waals surface area contributed by atoms with Crippen LogP contribution in [0.2, 0.25) is 0 Å². The van der Waals surface area contributed by atoms with Crippen molar-refractivity contribution in [2.24, 2.45) is 0 Å². The maximum absolute atomic E-state index is 13.5. The Morgan fingerprint density at radius 2 is 1.78 bits per heavy atom. The monoisotopic (exact) mass is 431 g/mol. The van der Waals surface area contributed by atoms with Gasteiger partial charge in [-0.25, -0.2) is 4.39 Å². The molecule has 4 rings (SSSR count). The zero-order chi connectivity index (χ0) is 22.5. The van der Waals surface area contributed by atoms with Gasteiger partial charge in [-0.05, 0) is 47.4 Å². The third-order valence-corrected chi connectivity index (χ3v) is 5.10. The molecule has 32 heavy (non-hydrogen) atoms. The summed E-state index contributed by atoms with van der Waals surface area (Å²) in [5.74, 6) is -0.186. The lowest BCUT2D eigenvalue weighted by Crippen LogP contribution is -2.17. The van der Waals surface area contributed by atoms with Crippen LogP contribution in [0.25, 0.3) is 34.0 Å². The number of carboxylic acids is 1. The van der Waals surface area contributed by atoms with E-state index in [0.29, 0.717) is 24.8 Å². The van der Waals surface area contributed by atoms with E-state index in [-0.39, 0.29) is 12.2 Å². The Bertz CT molecular complexity index is 1240. The first-order valence-corrected chi connectivity index (χ1v) is 10.2. The van der Waals surface area contributed by atoms with Crippen molar-refractivity contribution in [2.45, 2.75) is 19.9 Å². The zero-order valence-corrected chi connectivity index (χ0v) is 17.5. The van der Waals surface area contributed by atoms with E-state index in [0.717, 1.165) is 33.4 Å². The number of carboxylic acid groups (broad SMARTS) is 1. The molecule has 0 aliphatic rings. The number of carbonyl (C=O) groups is 1. The Labute approximate surface area is 184 Å². The number of benzene rings is 3.